The van der Waals surface area contributed by atoms with Gasteiger partial charge in [-0.05, 0) is 8.57 Å². The van der Waals surface area contributed by atoms with Crippen LogP contribution >= 0.6 is 22.2 Å². The van der Waals surface area contributed by atoms with Crippen molar-refractivity contribution in [2.24, 2.45) is 0 Å². The number of rotatable bonds is 5. The van der Waals surface area contributed by atoms with Gasteiger partial charge in [0.25, 0.3) is 0 Å². The van der Waals surface area contributed by atoms with E-state index < -0.39 is 47.5 Å². The Balaban J connectivity index is 3.99. The van der Waals surface area contributed by atoms with E-state index in [1.165, 1.54) is 12.8 Å². The topological polar surface area (TPSA) is 0 Å². The van der Waals surface area contributed by atoms with E-state index in [1.807, 2.05) is 0 Å². The van der Waals surface area contributed by atoms with E-state index in [2.05, 4.69) is 78.6 Å². The lowest BCUT2D eigenvalue weighted by molar-refractivity contribution is 0.763. The monoisotopic (exact) mass is 472 g/mol. The molecule has 0 nitrogen and oxygen atoms in total. The van der Waals surface area contributed by atoms with Gasteiger partial charge in [0.2, 0.25) is 0 Å². The maximum Gasteiger partial charge on any atom is 0.159 e. The summed E-state index contributed by atoms with van der Waals surface area (Å²) in [5.74, 6) is 0. The van der Waals surface area contributed by atoms with Crippen LogP contribution in [0.5, 0.6) is 0 Å². The van der Waals surface area contributed by atoms with E-state index in [4.69, 9.17) is 22.2 Å². The molecule has 0 aromatic heterocycles. The summed E-state index contributed by atoms with van der Waals surface area (Å²) in [6.45, 7) is 29.5. The second-order valence-electron chi connectivity index (χ2n) is 12.2. The fraction of sp³-hybridized carbons (Fsp3) is 1.00. The molecule has 0 unspecified atom stereocenters. The van der Waals surface area contributed by atoms with Gasteiger partial charge in [0.05, 0.1) is 0 Å². The van der Waals surface area contributed by atoms with Gasteiger partial charge >= 0.3 is 0 Å². The molecule has 0 saturated carbocycles. The van der Waals surface area contributed by atoms with Gasteiger partial charge in [-0.1, -0.05) is 91.4 Å². The van der Waals surface area contributed by atoms with Gasteiger partial charge in [-0.2, -0.15) is 22.2 Å². The van der Waals surface area contributed by atoms with Crippen LogP contribution in [0.15, 0.2) is 0 Å². The molecule has 0 radical (unpaired) electrons. The van der Waals surface area contributed by atoms with Gasteiger partial charge in [0, 0.05) is 32.3 Å². The zero-order valence-corrected chi connectivity index (χ0v) is 26.3. The van der Waals surface area contributed by atoms with E-state index in [1.54, 1.807) is 0 Å². The van der Waals surface area contributed by atoms with Crippen molar-refractivity contribution in [3.8, 4) is 0 Å². The summed E-state index contributed by atoms with van der Waals surface area (Å²) in [5.41, 5.74) is 0. The lowest BCUT2D eigenvalue weighted by Gasteiger charge is -2.64. The molecule has 1 fully saturated rings. The molecular weight excluding hydrogens is 432 g/mol. The van der Waals surface area contributed by atoms with Crippen molar-refractivity contribution in [3.63, 3.8) is 0 Å². The van der Waals surface area contributed by atoms with E-state index in [0.29, 0.717) is 8.57 Å². The van der Waals surface area contributed by atoms with E-state index in [9.17, 15) is 0 Å². The molecule has 1 saturated heterocycles. The first kappa shape index (κ1) is 23.9. The van der Waals surface area contributed by atoms with Crippen LogP contribution < -0.4 is 0 Å². The molecule has 24 heavy (non-hydrogen) atoms. The van der Waals surface area contributed by atoms with Crippen LogP contribution in [0, 0.1) is 0 Å². The molecule has 1 rings (SSSR count). The van der Waals surface area contributed by atoms with Crippen LogP contribution in [0.1, 0.15) is 12.8 Å². The normalized spacial score (nSPS) is 24.8. The standard InChI is InChI=1S/C16H42Cl2Si6/c1-20(2,3)15(21(4,5)6)13-14-16(22(7,8)9,23(10,11)12)24(15,18)19-17/h13-14,19H2,1-12H3. The highest BCUT2D eigenvalue weighted by Crippen LogP contribution is 2.76. The van der Waals surface area contributed by atoms with Gasteiger partial charge in [-0.3, -0.25) is 0 Å². The molecule has 0 aromatic carbocycles. The van der Waals surface area contributed by atoms with Gasteiger partial charge in [-0.25, -0.2) is 0 Å². The van der Waals surface area contributed by atoms with Crippen molar-refractivity contribution in [1.82, 2.24) is 0 Å². The minimum Gasteiger partial charge on any atom is -0.178 e. The van der Waals surface area contributed by atoms with Crippen molar-refractivity contribution in [1.29, 1.82) is 0 Å². The number of hydrogen-bond donors (Lipinski definition) is 0. The van der Waals surface area contributed by atoms with Crippen LogP contribution in [-0.2, 0) is 0 Å². The van der Waals surface area contributed by atoms with E-state index >= 15 is 0 Å². The Morgan fingerprint density at radius 1 is 0.625 bits per heavy atom. The van der Waals surface area contributed by atoms with Crippen LogP contribution in [0.3, 0.4) is 0 Å². The zero-order valence-electron chi connectivity index (χ0n) is 18.4. The first-order chi connectivity index (χ1) is 10.3. The Labute approximate surface area is 168 Å². The fourth-order valence-electron chi connectivity index (χ4n) is 7.49. The van der Waals surface area contributed by atoms with E-state index in [0.717, 1.165) is 0 Å². The molecule has 0 spiro atoms. The highest BCUT2D eigenvalue weighted by molar-refractivity contribution is 7.67. The molecule has 0 aliphatic carbocycles. The number of hydrogen-bond acceptors (Lipinski definition) is 0. The van der Waals surface area contributed by atoms with Crippen molar-refractivity contribution < 1.29 is 0 Å². The first-order valence-electron chi connectivity index (χ1n) is 9.52. The SMILES string of the molecule is C[Si](C)(C)C1([Si](C)(C)C)CCC([Si](C)(C)C)([Si](C)(C)C)[Si]1(Cl)[SiH2]Cl. The lowest BCUT2D eigenvalue weighted by atomic mass is 10.4. The van der Waals surface area contributed by atoms with Gasteiger partial charge in [0.15, 0.2) is 6.90 Å². The second-order valence-corrected chi connectivity index (χ2v) is 49.9. The summed E-state index contributed by atoms with van der Waals surface area (Å²) in [6.07, 6.45) is 2.84. The van der Waals surface area contributed by atoms with Crippen LogP contribution in [0.25, 0.3) is 0 Å². The molecule has 1 aliphatic rings. The van der Waals surface area contributed by atoms with Crippen molar-refractivity contribution in [3.05, 3.63) is 0 Å². The molecule has 8 heteroatoms. The Hall–Kier alpha value is 1.88. The minimum absolute atomic E-state index is 0.503. The molecule has 0 bridgehead atoms. The summed E-state index contributed by atoms with van der Waals surface area (Å²) in [7, 11) is -6.42. The van der Waals surface area contributed by atoms with Crippen molar-refractivity contribution in [2.75, 3.05) is 0 Å². The smallest absolute Gasteiger partial charge is 0.159 e. The molecule has 0 atom stereocenters. The molecule has 0 N–H and O–H groups in total. The third-order valence-corrected chi connectivity index (χ3v) is 64.3. The third kappa shape index (κ3) is 2.88. The Morgan fingerprint density at radius 3 is 0.958 bits per heavy atom. The fourth-order valence-corrected chi connectivity index (χ4v) is 97.9. The summed E-state index contributed by atoms with van der Waals surface area (Å²) in [5, 5.41) is 0. The average molecular weight is 474 g/mol. The largest absolute Gasteiger partial charge is 0.178 e. The Kier molecular flexibility index (Phi) is 6.43. The maximum absolute atomic E-state index is 8.15. The molecule has 0 aromatic rings. The quantitative estimate of drug-likeness (QED) is 0.305. The van der Waals surface area contributed by atoms with Gasteiger partial charge in [0.1, 0.15) is 8.35 Å². The molecular formula is C16H42Cl2Si6. The summed E-state index contributed by atoms with van der Waals surface area (Å²) in [4.78, 5) is 0. The van der Waals surface area contributed by atoms with Gasteiger partial charge in [-0.15, -0.1) is 0 Å². The maximum atomic E-state index is 8.15. The minimum atomic E-state index is -2.04. The third-order valence-electron chi connectivity index (χ3n) is 7.53. The highest BCUT2D eigenvalue weighted by Gasteiger charge is 2.80. The zero-order chi connectivity index (χ0) is 19.6. The summed E-state index contributed by atoms with van der Waals surface area (Å²) < 4.78 is 1.01. The summed E-state index contributed by atoms with van der Waals surface area (Å²) >= 11 is 15.2. The van der Waals surface area contributed by atoms with Gasteiger partial charge < -0.3 is 0 Å². The molecule has 1 heterocycles. The molecule has 0 amide bonds. The highest BCUT2D eigenvalue weighted by atomic mass is 35.6. The Morgan fingerprint density at radius 2 is 0.833 bits per heavy atom. The van der Waals surface area contributed by atoms with E-state index in [-0.39, 0.29) is 0 Å². The van der Waals surface area contributed by atoms with Crippen LogP contribution in [-0.4, -0.2) is 47.5 Å². The van der Waals surface area contributed by atoms with Crippen molar-refractivity contribution in [2.45, 2.75) is 100.0 Å². The average Bonchev–Trinajstić information content (AvgIpc) is 2.58. The molecule has 144 valence electrons. The van der Waals surface area contributed by atoms with Crippen LogP contribution in [0.2, 0.25) is 87.1 Å². The lowest BCUT2D eigenvalue weighted by Crippen LogP contribution is -2.75. The summed E-state index contributed by atoms with van der Waals surface area (Å²) in [6, 6.07) is 0. The number of halogens is 2. The Bertz CT molecular complexity index is 411. The van der Waals surface area contributed by atoms with Crippen molar-refractivity contribution >= 4 is 69.7 Å². The predicted octanol–water partition coefficient (Wildman–Crippen LogP) is 6.77. The molecule has 1 aliphatic heterocycles. The predicted molar refractivity (Wildman–Crippen MR) is 134 cm³/mol. The second kappa shape index (κ2) is 6.46. The van der Waals surface area contributed by atoms with Crippen LogP contribution in [0.4, 0.5) is 0 Å². The first-order valence-corrected chi connectivity index (χ1v) is 31.0.